The first-order chi connectivity index (χ1) is 8.49. The van der Waals surface area contributed by atoms with Gasteiger partial charge in [0, 0.05) is 36.4 Å². The highest BCUT2D eigenvalue weighted by Gasteiger charge is 2.24. The van der Waals surface area contributed by atoms with Gasteiger partial charge in [-0.05, 0) is 25.3 Å². The smallest absolute Gasteiger partial charge is 0.122 e. The maximum Gasteiger partial charge on any atom is 0.122 e. The second-order valence-corrected chi connectivity index (χ2v) is 5.31. The molecular formula is C14H22N2O2. The molecule has 4 heteroatoms. The van der Waals surface area contributed by atoms with Crippen LogP contribution in [0.15, 0.2) is 18.2 Å². The normalized spacial score (nSPS) is 26.1. The Morgan fingerprint density at radius 2 is 2.17 bits per heavy atom. The van der Waals surface area contributed by atoms with E-state index in [4.69, 9.17) is 5.73 Å². The lowest BCUT2D eigenvalue weighted by atomic mass is 9.96. The van der Waals surface area contributed by atoms with Gasteiger partial charge in [0.25, 0.3) is 0 Å². The Morgan fingerprint density at radius 3 is 2.72 bits per heavy atom. The third-order valence-corrected chi connectivity index (χ3v) is 3.73. The van der Waals surface area contributed by atoms with E-state index in [1.54, 1.807) is 6.07 Å². The third-order valence-electron chi connectivity index (χ3n) is 3.73. The highest BCUT2D eigenvalue weighted by atomic mass is 16.3. The van der Waals surface area contributed by atoms with E-state index in [0.717, 1.165) is 30.8 Å². The monoisotopic (exact) mass is 250 g/mol. The van der Waals surface area contributed by atoms with Crippen LogP contribution >= 0.6 is 0 Å². The lowest BCUT2D eigenvalue weighted by molar-refractivity contribution is 0.0971. The van der Waals surface area contributed by atoms with Gasteiger partial charge in [0.05, 0.1) is 6.10 Å². The molecule has 0 amide bonds. The van der Waals surface area contributed by atoms with Crippen LogP contribution in [-0.2, 0) is 0 Å². The zero-order valence-corrected chi connectivity index (χ0v) is 11.0. The zero-order valence-electron chi connectivity index (χ0n) is 11.0. The highest BCUT2D eigenvalue weighted by Crippen LogP contribution is 2.30. The minimum Gasteiger partial charge on any atom is -0.508 e. The summed E-state index contributed by atoms with van der Waals surface area (Å²) in [7, 11) is 0. The molecule has 1 aromatic rings. The third kappa shape index (κ3) is 2.60. The summed E-state index contributed by atoms with van der Waals surface area (Å²) in [5, 5.41) is 19.7. The van der Waals surface area contributed by atoms with Crippen LogP contribution in [0.1, 0.15) is 31.9 Å². The summed E-state index contributed by atoms with van der Waals surface area (Å²) in [6.07, 6.45) is 0.565. The van der Waals surface area contributed by atoms with Crippen LogP contribution in [0, 0.1) is 5.92 Å². The first kappa shape index (κ1) is 13.2. The molecule has 0 bridgehead atoms. The predicted octanol–water partition coefficient (Wildman–Crippen LogP) is 1.62. The van der Waals surface area contributed by atoms with Crippen molar-refractivity contribution in [3.05, 3.63) is 23.8 Å². The van der Waals surface area contributed by atoms with E-state index in [0.29, 0.717) is 0 Å². The molecule has 2 rings (SSSR count). The van der Waals surface area contributed by atoms with Gasteiger partial charge in [-0.1, -0.05) is 13.0 Å². The van der Waals surface area contributed by atoms with E-state index in [9.17, 15) is 10.2 Å². The number of aliphatic hydroxyl groups is 1. The number of hydrogen-bond donors (Lipinski definition) is 3. The van der Waals surface area contributed by atoms with E-state index in [2.05, 4.69) is 4.90 Å². The van der Waals surface area contributed by atoms with E-state index in [1.165, 1.54) is 0 Å². The molecule has 0 spiro atoms. The van der Waals surface area contributed by atoms with Gasteiger partial charge in [0.1, 0.15) is 5.75 Å². The number of aromatic hydroxyl groups is 1. The minimum absolute atomic E-state index is 0.166. The summed E-state index contributed by atoms with van der Waals surface area (Å²) < 4.78 is 0. The van der Waals surface area contributed by atoms with Gasteiger partial charge in [-0.15, -0.1) is 0 Å². The van der Waals surface area contributed by atoms with Crippen LogP contribution in [0.3, 0.4) is 0 Å². The number of nitrogens with zero attached hydrogens (tertiary/aromatic N) is 1. The van der Waals surface area contributed by atoms with Crippen molar-refractivity contribution in [2.45, 2.75) is 32.4 Å². The van der Waals surface area contributed by atoms with Crippen LogP contribution < -0.4 is 10.6 Å². The number of anilines is 1. The van der Waals surface area contributed by atoms with Crippen molar-refractivity contribution in [1.29, 1.82) is 0 Å². The quantitative estimate of drug-likeness (QED) is 0.746. The number of piperidine rings is 1. The average Bonchev–Trinajstić information content (AvgIpc) is 2.32. The van der Waals surface area contributed by atoms with Crippen molar-refractivity contribution >= 4 is 5.69 Å². The topological polar surface area (TPSA) is 69.7 Å². The summed E-state index contributed by atoms with van der Waals surface area (Å²) >= 11 is 0. The first-order valence-electron chi connectivity index (χ1n) is 6.50. The van der Waals surface area contributed by atoms with Crippen molar-refractivity contribution < 1.29 is 10.2 Å². The lowest BCUT2D eigenvalue weighted by Crippen LogP contribution is -2.41. The lowest BCUT2D eigenvalue weighted by Gasteiger charge is -2.36. The van der Waals surface area contributed by atoms with Crippen LogP contribution in [0.5, 0.6) is 5.75 Å². The number of rotatable bonds is 2. The van der Waals surface area contributed by atoms with E-state index < -0.39 is 0 Å². The first-order valence-corrected chi connectivity index (χ1v) is 6.50. The molecule has 1 saturated heterocycles. The van der Waals surface area contributed by atoms with Crippen LogP contribution in [0.4, 0.5) is 5.69 Å². The Balaban J connectivity index is 2.17. The molecule has 0 aromatic heterocycles. The van der Waals surface area contributed by atoms with Gasteiger partial charge in [0.2, 0.25) is 0 Å². The molecular weight excluding hydrogens is 228 g/mol. The molecule has 18 heavy (non-hydrogen) atoms. The summed E-state index contributed by atoms with van der Waals surface area (Å²) in [4.78, 5) is 2.20. The molecule has 3 atom stereocenters. The Hall–Kier alpha value is -1.26. The molecule has 4 N–H and O–H groups in total. The van der Waals surface area contributed by atoms with Gasteiger partial charge >= 0.3 is 0 Å². The van der Waals surface area contributed by atoms with Crippen molar-refractivity contribution in [3.8, 4) is 5.75 Å². The van der Waals surface area contributed by atoms with E-state index in [-0.39, 0.29) is 23.8 Å². The number of hydrogen-bond acceptors (Lipinski definition) is 4. The van der Waals surface area contributed by atoms with Crippen molar-refractivity contribution in [2.24, 2.45) is 11.7 Å². The molecule has 100 valence electrons. The zero-order chi connectivity index (χ0) is 13.3. The van der Waals surface area contributed by atoms with Gasteiger partial charge in [-0.2, -0.15) is 0 Å². The van der Waals surface area contributed by atoms with E-state index in [1.807, 2.05) is 26.0 Å². The fraction of sp³-hybridized carbons (Fsp3) is 0.571. The SMILES string of the molecule is CC(N)c1ccc(N2CCC(O)C(C)C2)cc1O. The number of aliphatic hydroxyl groups excluding tert-OH is 1. The van der Waals surface area contributed by atoms with Crippen molar-refractivity contribution in [1.82, 2.24) is 0 Å². The molecule has 1 aliphatic rings. The van der Waals surface area contributed by atoms with Crippen LogP contribution in [0.25, 0.3) is 0 Å². The van der Waals surface area contributed by atoms with Crippen LogP contribution in [-0.4, -0.2) is 29.4 Å². The van der Waals surface area contributed by atoms with Crippen molar-refractivity contribution in [2.75, 3.05) is 18.0 Å². The minimum atomic E-state index is -0.210. The number of phenolic OH excluding ortho intramolecular Hbond substituents is 1. The molecule has 3 unspecified atom stereocenters. The Bertz CT molecular complexity index is 420. The van der Waals surface area contributed by atoms with Crippen LogP contribution in [0.2, 0.25) is 0 Å². The van der Waals surface area contributed by atoms with Gasteiger partial charge < -0.3 is 20.8 Å². The largest absolute Gasteiger partial charge is 0.508 e. The number of benzene rings is 1. The summed E-state index contributed by atoms with van der Waals surface area (Å²) in [6, 6.07) is 5.47. The van der Waals surface area contributed by atoms with Gasteiger partial charge in [-0.25, -0.2) is 0 Å². The molecule has 0 radical (unpaired) electrons. The highest BCUT2D eigenvalue weighted by molar-refractivity contribution is 5.54. The predicted molar refractivity (Wildman–Crippen MR) is 72.7 cm³/mol. The second-order valence-electron chi connectivity index (χ2n) is 5.31. The fourth-order valence-electron chi connectivity index (χ4n) is 2.48. The van der Waals surface area contributed by atoms with Gasteiger partial charge in [-0.3, -0.25) is 0 Å². The molecule has 1 aromatic carbocycles. The summed E-state index contributed by atoms with van der Waals surface area (Å²) in [5.41, 5.74) is 7.54. The number of phenols is 1. The molecule has 0 saturated carbocycles. The maximum absolute atomic E-state index is 9.95. The summed E-state index contributed by atoms with van der Waals surface area (Å²) in [5.74, 6) is 0.510. The Labute approximate surface area is 108 Å². The van der Waals surface area contributed by atoms with E-state index >= 15 is 0 Å². The molecule has 1 aliphatic heterocycles. The Kier molecular flexibility index (Phi) is 3.78. The standard InChI is InChI=1S/C14H22N2O2/c1-9-8-16(6-5-13(9)17)11-3-4-12(10(2)15)14(18)7-11/h3-4,7,9-10,13,17-18H,5-6,8,15H2,1-2H3. The average molecular weight is 250 g/mol. The molecule has 1 fully saturated rings. The second kappa shape index (κ2) is 5.16. The maximum atomic E-state index is 9.95. The number of nitrogens with two attached hydrogens (primary N) is 1. The fourth-order valence-corrected chi connectivity index (χ4v) is 2.48. The van der Waals surface area contributed by atoms with Crippen molar-refractivity contribution in [3.63, 3.8) is 0 Å². The summed E-state index contributed by atoms with van der Waals surface area (Å²) in [6.45, 7) is 5.54. The van der Waals surface area contributed by atoms with Gasteiger partial charge in [0.15, 0.2) is 0 Å². The molecule has 4 nitrogen and oxygen atoms in total. The molecule has 1 heterocycles. The molecule has 0 aliphatic carbocycles. The Morgan fingerprint density at radius 1 is 1.44 bits per heavy atom.